The number of nitrogens with two attached hydrogens (primary N) is 1. The predicted octanol–water partition coefficient (Wildman–Crippen LogP) is 2.39. The van der Waals surface area contributed by atoms with Gasteiger partial charge in [-0.3, -0.25) is 0 Å². The number of nitrogens with one attached hydrogen (secondary N) is 1. The van der Waals surface area contributed by atoms with Crippen molar-refractivity contribution in [1.29, 1.82) is 0 Å². The second-order valence-corrected chi connectivity index (χ2v) is 5.38. The molecule has 0 saturated heterocycles. The van der Waals surface area contributed by atoms with Crippen LogP contribution in [0.4, 0.5) is 5.69 Å². The van der Waals surface area contributed by atoms with E-state index in [1.54, 1.807) is 0 Å². The Kier molecular flexibility index (Phi) is 3.97. The first-order valence-corrected chi connectivity index (χ1v) is 6.47. The van der Waals surface area contributed by atoms with Crippen LogP contribution in [0.5, 0.6) is 11.5 Å². The Morgan fingerprint density at radius 2 is 1.94 bits per heavy atom. The summed E-state index contributed by atoms with van der Waals surface area (Å²) in [5.74, 6) is 1.65. The van der Waals surface area contributed by atoms with E-state index in [4.69, 9.17) is 15.2 Å². The van der Waals surface area contributed by atoms with E-state index < -0.39 is 0 Å². The maximum absolute atomic E-state index is 5.94. The molecule has 1 aliphatic heterocycles. The normalized spacial score (nSPS) is 14.4. The Hall–Kier alpha value is -1.42. The third kappa shape index (κ3) is 3.81. The molecule has 0 atom stereocenters. The third-order valence-electron chi connectivity index (χ3n) is 2.87. The van der Waals surface area contributed by atoms with Gasteiger partial charge in [0.1, 0.15) is 13.2 Å². The molecular weight excluding hydrogens is 228 g/mol. The van der Waals surface area contributed by atoms with Crippen molar-refractivity contribution in [2.45, 2.75) is 32.2 Å². The van der Waals surface area contributed by atoms with E-state index in [1.807, 2.05) is 18.2 Å². The first kappa shape index (κ1) is 13.0. The summed E-state index contributed by atoms with van der Waals surface area (Å²) in [7, 11) is 0. The summed E-state index contributed by atoms with van der Waals surface area (Å²) in [5.41, 5.74) is 6.92. The summed E-state index contributed by atoms with van der Waals surface area (Å²) in [6.45, 7) is 6.28. The quantitative estimate of drug-likeness (QED) is 0.788. The van der Waals surface area contributed by atoms with E-state index in [0.717, 1.165) is 36.6 Å². The monoisotopic (exact) mass is 250 g/mol. The number of benzene rings is 1. The molecule has 2 rings (SSSR count). The van der Waals surface area contributed by atoms with Gasteiger partial charge in [0.05, 0.1) is 0 Å². The van der Waals surface area contributed by atoms with E-state index in [9.17, 15) is 0 Å². The maximum atomic E-state index is 5.94. The Balaban J connectivity index is 1.83. The number of hydrogen-bond acceptors (Lipinski definition) is 4. The van der Waals surface area contributed by atoms with E-state index in [2.05, 4.69) is 19.2 Å². The molecule has 0 bridgehead atoms. The first-order valence-electron chi connectivity index (χ1n) is 6.47. The SMILES string of the molecule is CC(C)(N)CCCNc1ccc2c(c1)OCCO2. The predicted molar refractivity (Wildman–Crippen MR) is 73.4 cm³/mol. The van der Waals surface area contributed by atoms with Crippen molar-refractivity contribution in [3.63, 3.8) is 0 Å². The van der Waals surface area contributed by atoms with E-state index in [0.29, 0.717) is 13.2 Å². The molecule has 4 heteroatoms. The first-order chi connectivity index (χ1) is 8.54. The van der Waals surface area contributed by atoms with Crippen LogP contribution in [0.2, 0.25) is 0 Å². The number of hydrogen-bond donors (Lipinski definition) is 2. The molecule has 3 N–H and O–H groups in total. The lowest BCUT2D eigenvalue weighted by atomic mass is 10.0. The van der Waals surface area contributed by atoms with Crippen molar-refractivity contribution >= 4 is 5.69 Å². The zero-order valence-electron chi connectivity index (χ0n) is 11.2. The van der Waals surface area contributed by atoms with Gasteiger partial charge < -0.3 is 20.5 Å². The summed E-state index contributed by atoms with van der Waals surface area (Å²) in [4.78, 5) is 0. The molecule has 0 spiro atoms. The molecule has 1 aromatic carbocycles. The molecule has 100 valence electrons. The summed E-state index contributed by atoms with van der Waals surface area (Å²) in [5, 5.41) is 3.38. The average Bonchev–Trinajstić information content (AvgIpc) is 2.33. The minimum absolute atomic E-state index is 0.0888. The van der Waals surface area contributed by atoms with Crippen molar-refractivity contribution < 1.29 is 9.47 Å². The topological polar surface area (TPSA) is 56.5 Å². The van der Waals surface area contributed by atoms with Gasteiger partial charge in [0.2, 0.25) is 0 Å². The summed E-state index contributed by atoms with van der Waals surface area (Å²) < 4.78 is 11.0. The lowest BCUT2D eigenvalue weighted by Crippen LogP contribution is -2.32. The summed E-state index contributed by atoms with van der Waals surface area (Å²) in [6, 6.07) is 5.95. The minimum atomic E-state index is -0.0888. The van der Waals surface area contributed by atoms with Crippen molar-refractivity contribution in [3.05, 3.63) is 18.2 Å². The van der Waals surface area contributed by atoms with Gasteiger partial charge in [0.15, 0.2) is 11.5 Å². The van der Waals surface area contributed by atoms with Crippen molar-refractivity contribution in [3.8, 4) is 11.5 Å². The highest BCUT2D eigenvalue weighted by Gasteiger charge is 2.12. The molecule has 1 heterocycles. The second-order valence-electron chi connectivity index (χ2n) is 5.38. The van der Waals surface area contributed by atoms with E-state index in [1.165, 1.54) is 0 Å². The van der Waals surface area contributed by atoms with Crippen LogP contribution < -0.4 is 20.5 Å². The molecule has 0 unspecified atom stereocenters. The molecule has 0 saturated carbocycles. The summed E-state index contributed by atoms with van der Waals surface area (Å²) >= 11 is 0. The minimum Gasteiger partial charge on any atom is -0.486 e. The van der Waals surface area contributed by atoms with Gasteiger partial charge >= 0.3 is 0 Å². The van der Waals surface area contributed by atoms with Gasteiger partial charge in [0.25, 0.3) is 0 Å². The zero-order chi connectivity index (χ0) is 13.0. The molecule has 1 aliphatic rings. The van der Waals surface area contributed by atoms with Crippen LogP contribution in [0.1, 0.15) is 26.7 Å². The highest BCUT2D eigenvalue weighted by molar-refractivity contribution is 5.55. The fourth-order valence-corrected chi connectivity index (χ4v) is 1.93. The second kappa shape index (κ2) is 5.48. The van der Waals surface area contributed by atoms with Gasteiger partial charge in [-0.05, 0) is 38.8 Å². The number of anilines is 1. The van der Waals surface area contributed by atoms with Crippen LogP contribution in [0.25, 0.3) is 0 Å². The van der Waals surface area contributed by atoms with Gasteiger partial charge in [0, 0.05) is 23.8 Å². The van der Waals surface area contributed by atoms with Gasteiger partial charge in [-0.2, -0.15) is 0 Å². The van der Waals surface area contributed by atoms with Crippen LogP contribution in [0.3, 0.4) is 0 Å². The van der Waals surface area contributed by atoms with Crippen LogP contribution in [-0.2, 0) is 0 Å². The summed E-state index contributed by atoms with van der Waals surface area (Å²) in [6.07, 6.45) is 2.06. The van der Waals surface area contributed by atoms with Gasteiger partial charge in [-0.15, -0.1) is 0 Å². The van der Waals surface area contributed by atoms with Crippen LogP contribution >= 0.6 is 0 Å². The molecule has 4 nitrogen and oxygen atoms in total. The number of rotatable bonds is 5. The van der Waals surface area contributed by atoms with Gasteiger partial charge in [-0.1, -0.05) is 0 Å². The van der Waals surface area contributed by atoms with Crippen LogP contribution in [0, 0.1) is 0 Å². The van der Waals surface area contributed by atoms with Crippen molar-refractivity contribution in [2.75, 3.05) is 25.1 Å². The molecular formula is C14H22N2O2. The van der Waals surface area contributed by atoms with E-state index >= 15 is 0 Å². The fourth-order valence-electron chi connectivity index (χ4n) is 1.93. The Labute approximate surface area is 108 Å². The highest BCUT2D eigenvalue weighted by atomic mass is 16.6. The van der Waals surface area contributed by atoms with E-state index in [-0.39, 0.29) is 5.54 Å². The number of ether oxygens (including phenoxy) is 2. The molecule has 1 aromatic rings. The Bertz CT molecular complexity index is 399. The molecule has 0 amide bonds. The Morgan fingerprint density at radius 1 is 1.22 bits per heavy atom. The van der Waals surface area contributed by atoms with Crippen molar-refractivity contribution in [1.82, 2.24) is 0 Å². The smallest absolute Gasteiger partial charge is 0.163 e. The molecule has 0 aliphatic carbocycles. The molecule has 18 heavy (non-hydrogen) atoms. The average molecular weight is 250 g/mol. The van der Waals surface area contributed by atoms with Gasteiger partial charge in [-0.25, -0.2) is 0 Å². The largest absolute Gasteiger partial charge is 0.486 e. The van der Waals surface area contributed by atoms with Crippen LogP contribution in [-0.4, -0.2) is 25.3 Å². The van der Waals surface area contributed by atoms with Crippen molar-refractivity contribution in [2.24, 2.45) is 5.73 Å². The molecule has 0 radical (unpaired) electrons. The number of fused-ring (bicyclic) bond motifs is 1. The standard InChI is InChI=1S/C14H22N2O2/c1-14(2,15)6-3-7-16-11-4-5-12-13(10-11)18-9-8-17-12/h4-5,10,16H,3,6-9,15H2,1-2H3. The lowest BCUT2D eigenvalue weighted by Gasteiger charge is -2.20. The Morgan fingerprint density at radius 3 is 2.67 bits per heavy atom. The molecule has 0 fully saturated rings. The highest BCUT2D eigenvalue weighted by Crippen LogP contribution is 2.32. The lowest BCUT2D eigenvalue weighted by molar-refractivity contribution is 0.171. The zero-order valence-corrected chi connectivity index (χ0v) is 11.2. The third-order valence-corrected chi connectivity index (χ3v) is 2.87. The maximum Gasteiger partial charge on any atom is 0.163 e. The van der Waals surface area contributed by atoms with Crippen LogP contribution in [0.15, 0.2) is 18.2 Å². The molecule has 0 aromatic heterocycles. The fraction of sp³-hybridized carbons (Fsp3) is 0.571.